The van der Waals surface area contributed by atoms with E-state index in [0.717, 1.165) is 28.1 Å². The maximum atomic E-state index is 14.0. The second-order valence-corrected chi connectivity index (χ2v) is 8.01. The lowest BCUT2D eigenvalue weighted by Crippen LogP contribution is -2.11. The van der Waals surface area contributed by atoms with E-state index < -0.39 is 0 Å². The number of hydrogen-bond acceptors (Lipinski definition) is 4. The Bertz CT molecular complexity index is 1190. The zero-order valence-corrected chi connectivity index (χ0v) is 17.0. The Labute approximate surface area is 174 Å². The molecule has 1 N–H and O–H groups in total. The van der Waals surface area contributed by atoms with Crippen molar-refractivity contribution in [3.8, 4) is 16.9 Å². The first-order valence-electron chi connectivity index (χ1n) is 10.2. The second-order valence-electron chi connectivity index (χ2n) is 8.01. The largest absolute Gasteiger partial charge is 0.493 e. The van der Waals surface area contributed by atoms with Crippen molar-refractivity contribution in [1.82, 2.24) is 19.2 Å². The second kappa shape index (κ2) is 7.48. The SMILES string of the molecule is CC(Nc1ccn2ncc(-c3ccn(C)c3)c2n1)c1cc(F)ccc1OCC1CC1. The van der Waals surface area contributed by atoms with Crippen LogP contribution < -0.4 is 10.1 Å². The summed E-state index contributed by atoms with van der Waals surface area (Å²) in [5.74, 6) is 1.78. The van der Waals surface area contributed by atoms with E-state index in [4.69, 9.17) is 9.72 Å². The normalized spacial score (nSPS) is 14.8. The fourth-order valence-corrected chi connectivity index (χ4v) is 3.60. The number of anilines is 1. The molecule has 0 spiro atoms. The van der Waals surface area contributed by atoms with Crippen molar-refractivity contribution in [2.75, 3.05) is 11.9 Å². The summed E-state index contributed by atoms with van der Waals surface area (Å²) in [7, 11) is 1.99. The Morgan fingerprint density at radius 1 is 1.23 bits per heavy atom. The van der Waals surface area contributed by atoms with Gasteiger partial charge in [0.2, 0.25) is 0 Å². The minimum atomic E-state index is -0.275. The first-order chi connectivity index (χ1) is 14.6. The van der Waals surface area contributed by atoms with Gasteiger partial charge in [0.05, 0.1) is 18.8 Å². The van der Waals surface area contributed by atoms with Crippen LogP contribution >= 0.6 is 0 Å². The molecule has 1 atom stereocenters. The summed E-state index contributed by atoms with van der Waals surface area (Å²) in [5, 5.41) is 7.79. The third-order valence-electron chi connectivity index (χ3n) is 5.49. The van der Waals surface area contributed by atoms with Crippen molar-refractivity contribution >= 4 is 11.5 Å². The van der Waals surface area contributed by atoms with Crippen molar-refractivity contribution in [1.29, 1.82) is 0 Å². The van der Waals surface area contributed by atoms with Gasteiger partial charge in [-0.25, -0.2) is 13.9 Å². The predicted molar refractivity (Wildman–Crippen MR) is 114 cm³/mol. The molecule has 1 aliphatic carbocycles. The molecular formula is C23H24FN5O. The van der Waals surface area contributed by atoms with Crippen molar-refractivity contribution in [2.45, 2.75) is 25.8 Å². The lowest BCUT2D eigenvalue weighted by atomic mass is 10.1. The van der Waals surface area contributed by atoms with Crippen LogP contribution in [0.4, 0.5) is 10.2 Å². The fraction of sp³-hybridized carbons (Fsp3) is 0.304. The van der Waals surface area contributed by atoms with Crippen molar-refractivity contribution in [3.05, 3.63) is 66.5 Å². The minimum absolute atomic E-state index is 0.173. The molecule has 30 heavy (non-hydrogen) atoms. The zero-order valence-electron chi connectivity index (χ0n) is 17.0. The molecule has 0 amide bonds. The Kier molecular flexibility index (Phi) is 4.65. The van der Waals surface area contributed by atoms with Crippen molar-refractivity contribution in [3.63, 3.8) is 0 Å². The molecule has 1 saturated carbocycles. The van der Waals surface area contributed by atoms with Crippen LogP contribution in [0.1, 0.15) is 31.4 Å². The standard InChI is InChI=1S/C23H24FN5O/c1-15(19-11-18(24)5-6-21(19)30-14-16-3-4-16)26-22-8-10-29-23(27-22)20(12-25-29)17-7-9-28(2)13-17/h5-13,15-16H,3-4,14H2,1-2H3,(H,26,27). The molecule has 5 rings (SSSR count). The van der Waals surface area contributed by atoms with E-state index in [0.29, 0.717) is 18.3 Å². The molecule has 7 heteroatoms. The molecular weight excluding hydrogens is 381 g/mol. The number of nitrogens with one attached hydrogen (secondary N) is 1. The fourth-order valence-electron chi connectivity index (χ4n) is 3.60. The van der Waals surface area contributed by atoms with Gasteiger partial charge in [0.25, 0.3) is 0 Å². The minimum Gasteiger partial charge on any atom is -0.493 e. The van der Waals surface area contributed by atoms with Crippen LogP contribution in [0.2, 0.25) is 0 Å². The van der Waals surface area contributed by atoms with Gasteiger partial charge in [-0.2, -0.15) is 5.10 Å². The van der Waals surface area contributed by atoms with Crippen LogP contribution in [-0.2, 0) is 7.05 Å². The van der Waals surface area contributed by atoms with Crippen molar-refractivity contribution < 1.29 is 9.13 Å². The van der Waals surface area contributed by atoms with Crippen LogP contribution in [0.5, 0.6) is 5.75 Å². The molecule has 3 aromatic heterocycles. The van der Waals surface area contributed by atoms with Gasteiger partial charge in [-0.1, -0.05) is 0 Å². The average Bonchev–Trinajstić information content (AvgIpc) is 3.32. The monoisotopic (exact) mass is 405 g/mol. The number of rotatable bonds is 7. The van der Waals surface area contributed by atoms with E-state index in [1.165, 1.54) is 25.0 Å². The topological polar surface area (TPSA) is 56.4 Å². The lowest BCUT2D eigenvalue weighted by molar-refractivity contribution is 0.295. The third-order valence-corrected chi connectivity index (χ3v) is 5.49. The van der Waals surface area contributed by atoms with Crippen LogP contribution in [0.15, 0.2) is 55.1 Å². The molecule has 4 aromatic rings. The Morgan fingerprint density at radius 2 is 2.10 bits per heavy atom. The molecule has 1 aromatic carbocycles. The summed E-state index contributed by atoms with van der Waals surface area (Å²) in [6, 6.07) is 8.43. The van der Waals surface area contributed by atoms with E-state index in [1.54, 1.807) is 10.6 Å². The number of nitrogens with zero attached hydrogens (tertiary/aromatic N) is 4. The van der Waals surface area contributed by atoms with Crippen LogP contribution in [0.25, 0.3) is 16.8 Å². The van der Waals surface area contributed by atoms with E-state index in [1.807, 2.05) is 55.5 Å². The summed E-state index contributed by atoms with van der Waals surface area (Å²) in [5.41, 5.74) is 3.58. The summed E-state index contributed by atoms with van der Waals surface area (Å²) in [4.78, 5) is 4.77. The number of halogens is 1. The molecule has 1 unspecified atom stereocenters. The number of ether oxygens (including phenoxy) is 1. The van der Waals surface area contributed by atoms with Crippen LogP contribution in [0.3, 0.4) is 0 Å². The lowest BCUT2D eigenvalue weighted by Gasteiger charge is -2.19. The van der Waals surface area contributed by atoms with Gasteiger partial charge in [-0.3, -0.25) is 0 Å². The highest BCUT2D eigenvalue weighted by Gasteiger charge is 2.23. The van der Waals surface area contributed by atoms with Crippen LogP contribution in [-0.4, -0.2) is 25.8 Å². The molecule has 1 aliphatic rings. The molecule has 0 radical (unpaired) electrons. The number of aryl methyl sites for hydroxylation is 1. The highest BCUT2D eigenvalue weighted by Crippen LogP contribution is 2.33. The first-order valence-corrected chi connectivity index (χ1v) is 10.2. The van der Waals surface area contributed by atoms with Gasteiger partial charge in [0.15, 0.2) is 5.65 Å². The van der Waals surface area contributed by atoms with Gasteiger partial charge >= 0.3 is 0 Å². The van der Waals surface area contributed by atoms with Gasteiger partial charge in [0.1, 0.15) is 17.4 Å². The summed E-state index contributed by atoms with van der Waals surface area (Å²) >= 11 is 0. The van der Waals surface area contributed by atoms with Gasteiger partial charge < -0.3 is 14.6 Å². The molecule has 1 fully saturated rings. The number of aromatic nitrogens is 4. The van der Waals surface area contributed by atoms with E-state index in [2.05, 4.69) is 10.4 Å². The highest BCUT2D eigenvalue weighted by atomic mass is 19.1. The zero-order chi connectivity index (χ0) is 20.7. The number of hydrogen-bond donors (Lipinski definition) is 1. The van der Waals surface area contributed by atoms with Crippen LogP contribution in [0, 0.1) is 11.7 Å². The third kappa shape index (κ3) is 3.75. The molecule has 3 heterocycles. The van der Waals surface area contributed by atoms with Gasteiger partial charge in [0, 0.05) is 42.3 Å². The number of fused-ring (bicyclic) bond motifs is 1. The molecule has 0 aliphatic heterocycles. The number of benzene rings is 1. The molecule has 0 saturated heterocycles. The average molecular weight is 405 g/mol. The first kappa shape index (κ1) is 18.7. The highest BCUT2D eigenvalue weighted by molar-refractivity contribution is 5.77. The Hall–Kier alpha value is -3.35. The maximum absolute atomic E-state index is 14.0. The van der Waals surface area contributed by atoms with E-state index >= 15 is 0 Å². The molecule has 154 valence electrons. The van der Waals surface area contributed by atoms with Gasteiger partial charge in [-0.05, 0) is 56.0 Å². The van der Waals surface area contributed by atoms with Crippen molar-refractivity contribution in [2.24, 2.45) is 13.0 Å². The maximum Gasteiger partial charge on any atom is 0.165 e. The molecule has 6 nitrogen and oxygen atoms in total. The predicted octanol–water partition coefficient (Wildman–Crippen LogP) is 4.84. The van der Waals surface area contributed by atoms with E-state index in [-0.39, 0.29) is 11.9 Å². The van der Waals surface area contributed by atoms with Gasteiger partial charge in [-0.15, -0.1) is 0 Å². The smallest absolute Gasteiger partial charge is 0.165 e. The quantitative estimate of drug-likeness (QED) is 0.478. The summed E-state index contributed by atoms with van der Waals surface area (Å²) in [6.45, 7) is 2.67. The Morgan fingerprint density at radius 3 is 2.87 bits per heavy atom. The summed E-state index contributed by atoms with van der Waals surface area (Å²) in [6.07, 6.45) is 10.2. The van der Waals surface area contributed by atoms with E-state index in [9.17, 15) is 4.39 Å². The Balaban J connectivity index is 1.42. The molecule has 0 bridgehead atoms. The summed E-state index contributed by atoms with van der Waals surface area (Å²) < 4.78 is 23.7.